The summed E-state index contributed by atoms with van der Waals surface area (Å²) in [5, 5.41) is 16.6. The van der Waals surface area contributed by atoms with Gasteiger partial charge in [0.05, 0.1) is 0 Å². The Kier molecular flexibility index (Phi) is 4.16. The van der Waals surface area contributed by atoms with E-state index in [1.165, 1.54) is 11.3 Å². The van der Waals surface area contributed by atoms with Gasteiger partial charge < -0.3 is 9.80 Å². The van der Waals surface area contributed by atoms with E-state index in [2.05, 4.69) is 39.4 Å². The molecule has 102 valence electrons. The van der Waals surface area contributed by atoms with E-state index >= 15 is 0 Å². The number of nitriles is 1. The predicted octanol–water partition coefficient (Wildman–Crippen LogP) is 2.05. The molecular formula is C15H17N5. The van der Waals surface area contributed by atoms with Gasteiger partial charge in [-0.15, -0.1) is 10.2 Å². The van der Waals surface area contributed by atoms with Crippen molar-refractivity contribution in [3.05, 3.63) is 47.7 Å². The molecule has 0 aliphatic carbocycles. The molecule has 0 amide bonds. The van der Waals surface area contributed by atoms with Gasteiger partial charge in [0.25, 0.3) is 0 Å². The highest BCUT2D eigenvalue weighted by Crippen LogP contribution is 2.15. The van der Waals surface area contributed by atoms with Crippen LogP contribution in [-0.4, -0.2) is 31.3 Å². The SMILES string of the molecule is CN(C)c1ccc(CN(C)c2ccc(C#N)nn2)cc1. The monoisotopic (exact) mass is 267 g/mol. The second-order valence-electron chi connectivity index (χ2n) is 4.81. The van der Waals surface area contributed by atoms with E-state index in [-0.39, 0.29) is 0 Å². The second kappa shape index (κ2) is 6.02. The number of rotatable bonds is 4. The van der Waals surface area contributed by atoms with Gasteiger partial charge in [0.15, 0.2) is 11.5 Å². The lowest BCUT2D eigenvalue weighted by molar-refractivity contribution is 0.862. The molecular weight excluding hydrogens is 250 g/mol. The van der Waals surface area contributed by atoms with Crippen LogP contribution < -0.4 is 9.80 Å². The number of aromatic nitrogens is 2. The smallest absolute Gasteiger partial charge is 0.163 e. The van der Waals surface area contributed by atoms with E-state index in [9.17, 15) is 0 Å². The van der Waals surface area contributed by atoms with Gasteiger partial charge in [-0.2, -0.15) is 5.26 Å². The van der Waals surface area contributed by atoms with Crippen molar-refractivity contribution in [2.75, 3.05) is 30.9 Å². The Morgan fingerprint density at radius 3 is 2.20 bits per heavy atom. The standard InChI is InChI=1S/C15H17N5/c1-19(2)14-7-4-12(5-8-14)11-20(3)15-9-6-13(10-16)17-18-15/h4-9H,11H2,1-3H3. The van der Waals surface area contributed by atoms with Gasteiger partial charge in [0, 0.05) is 33.4 Å². The molecule has 5 heteroatoms. The minimum absolute atomic E-state index is 0.331. The molecule has 0 radical (unpaired) electrons. The van der Waals surface area contributed by atoms with Gasteiger partial charge in [-0.1, -0.05) is 12.1 Å². The van der Waals surface area contributed by atoms with Crippen molar-refractivity contribution in [1.29, 1.82) is 5.26 Å². The summed E-state index contributed by atoms with van der Waals surface area (Å²) in [7, 11) is 6.00. The molecule has 0 aliphatic heterocycles. The molecule has 0 spiro atoms. The van der Waals surface area contributed by atoms with Crippen LogP contribution in [0.1, 0.15) is 11.3 Å². The van der Waals surface area contributed by atoms with Crippen molar-refractivity contribution >= 4 is 11.5 Å². The van der Waals surface area contributed by atoms with E-state index in [0.29, 0.717) is 5.69 Å². The lowest BCUT2D eigenvalue weighted by atomic mass is 10.2. The Hall–Kier alpha value is -2.61. The first kappa shape index (κ1) is 13.8. The van der Waals surface area contributed by atoms with Crippen LogP contribution in [0.5, 0.6) is 0 Å². The molecule has 0 atom stereocenters. The third-order valence-electron chi connectivity index (χ3n) is 3.03. The quantitative estimate of drug-likeness (QED) is 0.848. The maximum atomic E-state index is 8.70. The van der Waals surface area contributed by atoms with E-state index in [4.69, 9.17) is 5.26 Å². The average molecular weight is 267 g/mol. The molecule has 0 bridgehead atoms. The molecule has 1 aromatic carbocycles. The summed E-state index contributed by atoms with van der Waals surface area (Å²) in [4.78, 5) is 4.07. The molecule has 0 saturated heterocycles. The molecule has 5 nitrogen and oxygen atoms in total. The highest BCUT2D eigenvalue weighted by molar-refractivity contribution is 5.47. The number of nitrogens with zero attached hydrogens (tertiary/aromatic N) is 5. The predicted molar refractivity (Wildman–Crippen MR) is 79.6 cm³/mol. The Morgan fingerprint density at radius 1 is 1.00 bits per heavy atom. The van der Waals surface area contributed by atoms with Crippen molar-refractivity contribution in [3.63, 3.8) is 0 Å². The number of hydrogen-bond acceptors (Lipinski definition) is 5. The summed E-state index contributed by atoms with van der Waals surface area (Å²) in [6.45, 7) is 0.744. The van der Waals surface area contributed by atoms with Gasteiger partial charge >= 0.3 is 0 Å². The Bertz CT molecular complexity index is 596. The zero-order valence-corrected chi connectivity index (χ0v) is 11.9. The summed E-state index contributed by atoms with van der Waals surface area (Å²) in [6.07, 6.45) is 0. The fourth-order valence-electron chi connectivity index (χ4n) is 1.84. The van der Waals surface area contributed by atoms with Gasteiger partial charge in [-0.3, -0.25) is 0 Å². The molecule has 2 aromatic rings. The molecule has 1 aromatic heterocycles. The van der Waals surface area contributed by atoms with Crippen LogP contribution in [0.15, 0.2) is 36.4 Å². The van der Waals surface area contributed by atoms with Crippen LogP contribution in [0.2, 0.25) is 0 Å². The fourth-order valence-corrected chi connectivity index (χ4v) is 1.84. The largest absolute Gasteiger partial charge is 0.378 e. The third-order valence-corrected chi connectivity index (χ3v) is 3.03. The van der Waals surface area contributed by atoms with E-state index in [1.54, 1.807) is 12.1 Å². The fraction of sp³-hybridized carbons (Fsp3) is 0.267. The molecule has 0 fully saturated rings. The lowest BCUT2D eigenvalue weighted by Gasteiger charge is -2.18. The summed E-state index contributed by atoms with van der Waals surface area (Å²) in [5.41, 5.74) is 2.70. The van der Waals surface area contributed by atoms with Crippen molar-refractivity contribution in [3.8, 4) is 6.07 Å². The van der Waals surface area contributed by atoms with Crippen LogP contribution >= 0.6 is 0 Å². The lowest BCUT2D eigenvalue weighted by Crippen LogP contribution is -2.18. The highest BCUT2D eigenvalue weighted by Gasteiger charge is 2.05. The van der Waals surface area contributed by atoms with Gasteiger partial charge in [0.2, 0.25) is 0 Å². The highest BCUT2D eigenvalue weighted by atomic mass is 15.2. The van der Waals surface area contributed by atoms with E-state index in [0.717, 1.165) is 12.4 Å². The molecule has 0 aliphatic rings. The average Bonchev–Trinajstić information content (AvgIpc) is 2.48. The van der Waals surface area contributed by atoms with Crippen LogP contribution in [0.3, 0.4) is 0 Å². The molecule has 1 heterocycles. The van der Waals surface area contributed by atoms with Crippen molar-refractivity contribution < 1.29 is 0 Å². The number of hydrogen-bond donors (Lipinski definition) is 0. The third kappa shape index (κ3) is 3.23. The maximum Gasteiger partial charge on any atom is 0.163 e. The van der Waals surface area contributed by atoms with Gasteiger partial charge in [-0.05, 0) is 29.8 Å². The first-order chi connectivity index (χ1) is 9.60. The first-order valence-corrected chi connectivity index (χ1v) is 6.31. The van der Waals surface area contributed by atoms with Crippen molar-refractivity contribution in [2.45, 2.75) is 6.54 Å². The van der Waals surface area contributed by atoms with Crippen LogP contribution in [0, 0.1) is 11.3 Å². The van der Waals surface area contributed by atoms with Gasteiger partial charge in [0.1, 0.15) is 6.07 Å². The van der Waals surface area contributed by atoms with Crippen molar-refractivity contribution in [2.24, 2.45) is 0 Å². The summed E-state index contributed by atoms with van der Waals surface area (Å²) < 4.78 is 0. The topological polar surface area (TPSA) is 56.0 Å². The first-order valence-electron chi connectivity index (χ1n) is 6.31. The van der Waals surface area contributed by atoms with Crippen LogP contribution in [0.4, 0.5) is 11.5 Å². The van der Waals surface area contributed by atoms with Crippen molar-refractivity contribution in [1.82, 2.24) is 10.2 Å². The molecule has 20 heavy (non-hydrogen) atoms. The Balaban J connectivity index is 2.06. The minimum atomic E-state index is 0.331. The number of anilines is 2. The maximum absolute atomic E-state index is 8.70. The second-order valence-corrected chi connectivity index (χ2v) is 4.81. The van der Waals surface area contributed by atoms with Crippen LogP contribution in [0.25, 0.3) is 0 Å². The zero-order valence-electron chi connectivity index (χ0n) is 11.9. The zero-order chi connectivity index (χ0) is 14.5. The summed E-state index contributed by atoms with van der Waals surface area (Å²) in [5.74, 6) is 0.751. The summed E-state index contributed by atoms with van der Waals surface area (Å²) >= 11 is 0. The Morgan fingerprint density at radius 2 is 1.70 bits per heavy atom. The minimum Gasteiger partial charge on any atom is -0.378 e. The van der Waals surface area contributed by atoms with E-state index < -0.39 is 0 Å². The number of benzene rings is 1. The normalized spacial score (nSPS) is 9.90. The molecule has 0 unspecified atom stereocenters. The Labute approximate surface area is 119 Å². The molecule has 0 N–H and O–H groups in total. The van der Waals surface area contributed by atoms with Gasteiger partial charge in [-0.25, -0.2) is 0 Å². The molecule has 0 saturated carbocycles. The van der Waals surface area contributed by atoms with E-state index in [1.807, 2.05) is 32.1 Å². The van der Waals surface area contributed by atoms with Crippen LogP contribution in [-0.2, 0) is 6.54 Å². The molecule has 2 rings (SSSR count). The summed E-state index contributed by atoms with van der Waals surface area (Å²) in [6, 6.07) is 13.8.